The van der Waals surface area contributed by atoms with E-state index in [-0.39, 0.29) is 11.5 Å². The van der Waals surface area contributed by atoms with Gasteiger partial charge in [0, 0.05) is 7.14 Å². The predicted molar refractivity (Wildman–Crippen MR) is 131 cm³/mol. The van der Waals surface area contributed by atoms with Gasteiger partial charge in [-0.25, -0.2) is 0 Å². The predicted octanol–water partition coefficient (Wildman–Crippen LogP) is 7.69. The number of unbranched alkanes of at least 4 members (excludes halogenated alkanes) is 12. The van der Waals surface area contributed by atoms with Crippen molar-refractivity contribution >= 4 is 55.3 Å². The van der Waals surface area contributed by atoms with Crippen molar-refractivity contribution in [2.45, 2.75) is 95.3 Å². The average Bonchev–Trinajstić information content (AvgIpc) is 2.64. The van der Waals surface area contributed by atoms with E-state index in [0.717, 1.165) is 20.0 Å². The Bertz CT molecular complexity index is 618. The molecular formula is C21H34I2O3S. The second kappa shape index (κ2) is 15.4. The molecule has 156 valence electrons. The quantitative estimate of drug-likeness (QED) is 0.108. The van der Waals surface area contributed by atoms with Gasteiger partial charge < -0.3 is 0 Å². The van der Waals surface area contributed by atoms with E-state index < -0.39 is 10.1 Å². The van der Waals surface area contributed by atoms with Crippen molar-refractivity contribution in [2.75, 3.05) is 6.61 Å². The summed E-state index contributed by atoms with van der Waals surface area (Å²) in [6.45, 7) is 2.54. The Morgan fingerprint density at radius 3 is 1.78 bits per heavy atom. The largest absolute Gasteiger partial charge is 0.298 e. The molecule has 0 spiro atoms. The van der Waals surface area contributed by atoms with E-state index in [9.17, 15) is 8.42 Å². The highest BCUT2D eigenvalue weighted by molar-refractivity contribution is 14.1. The Labute approximate surface area is 193 Å². The van der Waals surface area contributed by atoms with Gasteiger partial charge in [0.25, 0.3) is 10.1 Å². The van der Waals surface area contributed by atoms with Crippen LogP contribution in [0, 0.1) is 7.14 Å². The van der Waals surface area contributed by atoms with E-state index in [0.29, 0.717) is 0 Å². The summed E-state index contributed by atoms with van der Waals surface area (Å²) in [5, 5.41) is 0. The van der Waals surface area contributed by atoms with E-state index in [1.165, 1.54) is 70.6 Å². The second-order valence-electron chi connectivity index (χ2n) is 7.07. The average molecular weight is 620 g/mol. The third-order valence-electron chi connectivity index (χ3n) is 4.67. The highest BCUT2D eigenvalue weighted by atomic mass is 127. The lowest BCUT2D eigenvalue weighted by atomic mass is 10.0. The van der Waals surface area contributed by atoms with Crippen LogP contribution in [0.25, 0.3) is 0 Å². The molecule has 1 aromatic carbocycles. The summed E-state index contributed by atoms with van der Waals surface area (Å²) in [5.41, 5.74) is 0. The Kier molecular flexibility index (Phi) is 14.6. The van der Waals surface area contributed by atoms with Crippen LogP contribution in [0.1, 0.15) is 90.4 Å². The molecule has 0 heterocycles. The molecule has 0 aliphatic rings. The minimum atomic E-state index is -3.64. The third-order valence-corrected chi connectivity index (χ3v) is 9.49. The minimum absolute atomic E-state index is 0.279. The molecule has 1 rings (SSSR count). The van der Waals surface area contributed by atoms with Crippen LogP contribution in [-0.2, 0) is 14.3 Å². The normalized spacial score (nSPS) is 11.8. The topological polar surface area (TPSA) is 43.4 Å². The van der Waals surface area contributed by atoms with Gasteiger partial charge in [-0.15, -0.1) is 0 Å². The molecule has 0 aromatic heterocycles. The monoisotopic (exact) mass is 620 g/mol. The first-order valence-corrected chi connectivity index (χ1v) is 13.9. The van der Waals surface area contributed by atoms with E-state index in [1.54, 1.807) is 12.1 Å². The lowest BCUT2D eigenvalue weighted by Gasteiger charge is -2.08. The molecule has 3 nitrogen and oxygen atoms in total. The lowest BCUT2D eigenvalue weighted by Crippen LogP contribution is -2.10. The zero-order valence-corrected chi connectivity index (χ0v) is 21.7. The van der Waals surface area contributed by atoms with Crippen molar-refractivity contribution in [1.29, 1.82) is 0 Å². The van der Waals surface area contributed by atoms with E-state index in [4.69, 9.17) is 4.18 Å². The summed E-state index contributed by atoms with van der Waals surface area (Å²) < 4.78 is 31.5. The van der Waals surface area contributed by atoms with Gasteiger partial charge in [-0.3, -0.25) is 4.18 Å². The summed E-state index contributed by atoms with van der Waals surface area (Å²) in [5.74, 6) is 0. The highest BCUT2D eigenvalue weighted by Gasteiger charge is 2.19. The maximum Gasteiger partial charge on any atom is 0.298 e. The van der Waals surface area contributed by atoms with Crippen LogP contribution in [0.5, 0.6) is 0 Å². The van der Waals surface area contributed by atoms with Gasteiger partial charge >= 0.3 is 0 Å². The van der Waals surface area contributed by atoms with Crippen LogP contribution in [0.2, 0.25) is 0 Å². The van der Waals surface area contributed by atoms with Crippen LogP contribution in [0.15, 0.2) is 23.1 Å². The lowest BCUT2D eigenvalue weighted by molar-refractivity contribution is 0.306. The first-order valence-electron chi connectivity index (χ1n) is 10.3. The smallest absolute Gasteiger partial charge is 0.266 e. The number of hydrogen-bond donors (Lipinski definition) is 0. The molecule has 0 unspecified atom stereocenters. The molecule has 27 heavy (non-hydrogen) atoms. The second-order valence-corrected chi connectivity index (χ2v) is 10.9. The molecule has 0 bridgehead atoms. The molecule has 0 N–H and O–H groups in total. The molecule has 0 amide bonds. The summed E-state index contributed by atoms with van der Waals surface area (Å²) in [6, 6.07) is 5.27. The molecule has 0 saturated heterocycles. The van der Waals surface area contributed by atoms with Gasteiger partial charge in [-0.05, 0) is 63.7 Å². The Balaban J connectivity index is 2.02. The number of benzene rings is 1. The molecule has 0 fully saturated rings. The van der Waals surface area contributed by atoms with Crippen molar-refractivity contribution in [1.82, 2.24) is 0 Å². The molecule has 6 heteroatoms. The molecule has 0 saturated carbocycles. The van der Waals surface area contributed by atoms with Gasteiger partial charge in [0.2, 0.25) is 0 Å². The molecule has 0 radical (unpaired) electrons. The molecule has 0 atom stereocenters. The highest BCUT2D eigenvalue weighted by Crippen LogP contribution is 2.24. The standard InChI is InChI=1S/C21H34I2O3S/c1-2-3-4-5-6-7-8-9-10-11-12-13-14-18-26-27(24,25)20-17-15-16-19(22)21(20)23/h15-17H,2-14,18H2,1H3. The first kappa shape index (κ1) is 25.6. The molecule has 1 aromatic rings. The van der Waals surface area contributed by atoms with Crippen LogP contribution in [0.4, 0.5) is 0 Å². The fraction of sp³-hybridized carbons (Fsp3) is 0.714. The van der Waals surface area contributed by atoms with Crippen LogP contribution >= 0.6 is 45.2 Å². The van der Waals surface area contributed by atoms with Crippen molar-refractivity contribution in [3.63, 3.8) is 0 Å². The summed E-state index contributed by atoms with van der Waals surface area (Å²) in [7, 11) is -3.64. The first-order chi connectivity index (χ1) is 13.0. The molecule has 0 aliphatic carbocycles. The Morgan fingerprint density at radius 1 is 0.778 bits per heavy atom. The van der Waals surface area contributed by atoms with E-state index in [2.05, 4.69) is 52.1 Å². The van der Waals surface area contributed by atoms with Gasteiger partial charge in [0.15, 0.2) is 0 Å². The van der Waals surface area contributed by atoms with E-state index in [1.807, 2.05) is 6.07 Å². The van der Waals surface area contributed by atoms with Crippen molar-refractivity contribution < 1.29 is 12.6 Å². The summed E-state index contributed by atoms with van der Waals surface area (Å²) >= 11 is 4.21. The van der Waals surface area contributed by atoms with Gasteiger partial charge in [0.05, 0.1) is 6.61 Å². The fourth-order valence-electron chi connectivity index (χ4n) is 3.03. The minimum Gasteiger partial charge on any atom is -0.266 e. The number of hydrogen-bond acceptors (Lipinski definition) is 3. The van der Waals surface area contributed by atoms with Gasteiger partial charge in [-0.2, -0.15) is 8.42 Å². The van der Waals surface area contributed by atoms with Crippen LogP contribution in [-0.4, -0.2) is 15.0 Å². The maximum atomic E-state index is 12.3. The SMILES string of the molecule is CCCCCCCCCCCCCCCOS(=O)(=O)c1cccc(I)c1I. The molecular weight excluding hydrogens is 586 g/mol. The van der Waals surface area contributed by atoms with Gasteiger partial charge in [-0.1, -0.05) is 90.0 Å². The fourth-order valence-corrected chi connectivity index (χ4v) is 5.92. The van der Waals surface area contributed by atoms with Crippen LogP contribution in [0.3, 0.4) is 0 Å². The number of rotatable bonds is 16. The van der Waals surface area contributed by atoms with Crippen molar-refractivity contribution in [3.8, 4) is 0 Å². The summed E-state index contributed by atoms with van der Waals surface area (Å²) in [6.07, 6.45) is 16.5. The zero-order chi connectivity index (χ0) is 20.0. The zero-order valence-electron chi connectivity index (χ0n) is 16.5. The number of halogens is 2. The van der Waals surface area contributed by atoms with E-state index >= 15 is 0 Å². The third kappa shape index (κ3) is 11.4. The molecule has 0 aliphatic heterocycles. The van der Waals surface area contributed by atoms with Crippen molar-refractivity contribution in [3.05, 3.63) is 25.3 Å². The van der Waals surface area contributed by atoms with Crippen molar-refractivity contribution in [2.24, 2.45) is 0 Å². The Hall–Kier alpha value is 0.590. The van der Waals surface area contributed by atoms with Gasteiger partial charge in [0.1, 0.15) is 4.90 Å². The maximum absolute atomic E-state index is 12.3. The van der Waals surface area contributed by atoms with Crippen LogP contribution < -0.4 is 0 Å². The summed E-state index contributed by atoms with van der Waals surface area (Å²) in [4.78, 5) is 0.282. The Morgan fingerprint density at radius 2 is 1.26 bits per heavy atom.